The van der Waals surface area contributed by atoms with Crippen LogP contribution in [0.25, 0.3) is 0 Å². The van der Waals surface area contributed by atoms with Gasteiger partial charge in [-0.25, -0.2) is 0 Å². The van der Waals surface area contributed by atoms with Crippen LogP contribution in [-0.4, -0.2) is 16.1 Å². The van der Waals surface area contributed by atoms with Crippen LogP contribution >= 0.6 is 0 Å². The summed E-state index contributed by atoms with van der Waals surface area (Å²) in [4.78, 5) is 11.5. The van der Waals surface area contributed by atoms with Crippen molar-refractivity contribution in [3.8, 4) is 0 Å². The summed E-state index contributed by atoms with van der Waals surface area (Å²) in [5, 5.41) is 9.38. The summed E-state index contributed by atoms with van der Waals surface area (Å²) >= 11 is 0. The van der Waals surface area contributed by atoms with Crippen molar-refractivity contribution in [2.24, 2.45) is 11.8 Å². The first kappa shape index (κ1) is 10.8. The highest BCUT2D eigenvalue weighted by atomic mass is 16.1. The number of H-pyrrole nitrogens is 1. The third-order valence-corrected chi connectivity index (χ3v) is 2.44. The molecule has 1 aromatic heterocycles. The van der Waals surface area contributed by atoms with E-state index in [1.54, 1.807) is 12.4 Å². The van der Waals surface area contributed by atoms with Crippen LogP contribution in [0, 0.1) is 11.8 Å². The predicted molar refractivity (Wildman–Crippen MR) is 54.4 cm³/mol. The number of hydrogen-bond donors (Lipinski definition) is 2. The number of hydrogen-bond acceptors (Lipinski definition) is 2. The summed E-state index contributed by atoms with van der Waals surface area (Å²) in [6.45, 7) is 6.58. The molecule has 1 amide bonds. The Morgan fingerprint density at radius 3 is 2.79 bits per heavy atom. The maximum Gasteiger partial charge on any atom is 0.223 e. The summed E-state index contributed by atoms with van der Waals surface area (Å²) in [5.41, 5.74) is 0.995. The fourth-order valence-electron chi connectivity index (χ4n) is 1.03. The Morgan fingerprint density at radius 2 is 2.29 bits per heavy atom. The van der Waals surface area contributed by atoms with Crippen LogP contribution in [0.1, 0.15) is 26.3 Å². The zero-order valence-corrected chi connectivity index (χ0v) is 8.87. The van der Waals surface area contributed by atoms with Crippen LogP contribution in [0.15, 0.2) is 12.4 Å². The molecule has 0 saturated heterocycles. The molecule has 0 aliphatic heterocycles. The van der Waals surface area contributed by atoms with Gasteiger partial charge in [-0.15, -0.1) is 0 Å². The van der Waals surface area contributed by atoms with Crippen molar-refractivity contribution in [1.29, 1.82) is 0 Å². The minimum Gasteiger partial charge on any atom is -0.352 e. The van der Waals surface area contributed by atoms with Crippen molar-refractivity contribution >= 4 is 5.91 Å². The third kappa shape index (κ3) is 2.87. The van der Waals surface area contributed by atoms with Gasteiger partial charge in [-0.3, -0.25) is 9.89 Å². The smallest absolute Gasteiger partial charge is 0.223 e. The van der Waals surface area contributed by atoms with Crippen molar-refractivity contribution in [1.82, 2.24) is 15.5 Å². The summed E-state index contributed by atoms with van der Waals surface area (Å²) < 4.78 is 0. The molecular weight excluding hydrogens is 178 g/mol. The van der Waals surface area contributed by atoms with Gasteiger partial charge in [0.05, 0.1) is 6.20 Å². The van der Waals surface area contributed by atoms with Crippen LogP contribution in [0.3, 0.4) is 0 Å². The van der Waals surface area contributed by atoms with Gasteiger partial charge in [-0.2, -0.15) is 5.10 Å². The van der Waals surface area contributed by atoms with E-state index in [-0.39, 0.29) is 11.8 Å². The largest absolute Gasteiger partial charge is 0.352 e. The lowest BCUT2D eigenvalue weighted by Crippen LogP contribution is -2.31. The second kappa shape index (κ2) is 4.79. The van der Waals surface area contributed by atoms with E-state index < -0.39 is 0 Å². The topological polar surface area (TPSA) is 57.8 Å². The first-order valence-electron chi connectivity index (χ1n) is 4.86. The molecule has 1 aromatic rings. The average molecular weight is 195 g/mol. The van der Waals surface area contributed by atoms with Crippen LogP contribution < -0.4 is 5.32 Å². The van der Waals surface area contributed by atoms with Crippen LogP contribution in [0.4, 0.5) is 0 Å². The van der Waals surface area contributed by atoms with Gasteiger partial charge < -0.3 is 5.32 Å². The lowest BCUT2D eigenvalue weighted by atomic mass is 9.97. The fraction of sp³-hybridized carbons (Fsp3) is 0.600. The minimum absolute atomic E-state index is 0.0573. The van der Waals surface area contributed by atoms with E-state index >= 15 is 0 Å². The molecule has 0 radical (unpaired) electrons. The second-order valence-electron chi connectivity index (χ2n) is 3.86. The number of aromatic nitrogens is 2. The van der Waals surface area contributed by atoms with Gasteiger partial charge in [0.25, 0.3) is 0 Å². The molecule has 14 heavy (non-hydrogen) atoms. The minimum atomic E-state index is 0.0573. The third-order valence-electron chi connectivity index (χ3n) is 2.44. The molecule has 0 aliphatic rings. The van der Waals surface area contributed by atoms with Crippen molar-refractivity contribution in [3.63, 3.8) is 0 Å². The highest BCUT2D eigenvalue weighted by Crippen LogP contribution is 2.09. The van der Waals surface area contributed by atoms with Gasteiger partial charge in [0.2, 0.25) is 5.91 Å². The monoisotopic (exact) mass is 195 g/mol. The molecule has 0 bridgehead atoms. The number of nitrogens with zero attached hydrogens (tertiary/aromatic N) is 1. The SMILES string of the molecule is CC(C)C(C)C(=O)NCc1cn[nH]c1. The van der Waals surface area contributed by atoms with Gasteiger partial charge >= 0.3 is 0 Å². The molecule has 4 nitrogen and oxygen atoms in total. The molecule has 78 valence electrons. The van der Waals surface area contributed by atoms with Crippen molar-refractivity contribution < 1.29 is 4.79 Å². The van der Waals surface area contributed by atoms with Gasteiger partial charge in [0.15, 0.2) is 0 Å². The maximum absolute atomic E-state index is 11.5. The highest BCUT2D eigenvalue weighted by molar-refractivity contribution is 5.78. The first-order chi connectivity index (χ1) is 6.61. The zero-order chi connectivity index (χ0) is 10.6. The number of nitrogens with one attached hydrogen (secondary N) is 2. The van der Waals surface area contributed by atoms with E-state index in [1.807, 2.05) is 20.8 Å². The van der Waals surface area contributed by atoms with E-state index in [4.69, 9.17) is 0 Å². The number of carbonyl (C=O) groups excluding carboxylic acids is 1. The molecule has 0 fully saturated rings. The summed E-state index contributed by atoms with van der Waals surface area (Å²) in [6.07, 6.45) is 3.49. The lowest BCUT2D eigenvalue weighted by molar-refractivity contribution is -0.125. The predicted octanol–water partition coefficient (Wildman–Crippen LogP) is 1.32. The number of amides is 1. The van der Waals surface area contributed by atoms with E-state index in [1.165, 1.54) is 0 Å². The van der Waals surface area contributed by atoms with Gasteiger partial charge in [0.1, 0.15) is 0 Å². The molecule has 0 spiro atoms. The van der Waals surface area contributed by atoms with Crippen molar-refractivity contribution in [2.45, 2.75) is 27.3 Å². The first-order valence-corrected chi connectivity index (χ1v) is 4.86. The second-order valence-corrected chi connectivity index (χ2v) is 3.86. The molecule has 0 aromatic carbocycles. The number of carbonyl (C=O) groups is 1. The Labute approximate surface area is 84.1 Å². The fourth-order valence-corrected chi connectivity index (χ4v) is 1.03. The summed E-state index contributed by atoms with van der Waals surface area (Å²) in [6, 6.07) is 0. The summed E-state index contributed by atoms with van der Waals surface area (Å²) in [7, 11) is 0. The number of rotatable bonds is 4. The Hall–Kier alpha value is -1.32. The summed E-state index contributed by atoms with van der Waals surface area (Å²) in [5.74, 6) is 0.530. The Morgan fingerprint density at radius 1 is 1.57 bits per heavy atom. The normalized spacial score (nSPS) is 12.9. The van der Waals surface area contributed by atoms with Crippen molar-refractivity contribution in [2.75, 3.05) is 0 Å². The van der Waals surface area contributed by atoms with Crippen LogP contribution in [0.5, 0.6) is 0 Å². The quantitative estimate of drug-likeness (QED) is 0.761. The van der Waals surface area contributed by atoms with E-state index in [9.17, 15) is 4.79 Å². The van der Waals surface area contributed by atoms with Crippen LogP contribution in [0.2, 0.25) is 0 Å². The molecule has 1 atom stereocenters. The van der Waals surface area contributed by atoms with Crippen LogP contribution in [-0.2, 0) is 11.3 Å². The highest BCUT2D eigenvalue weighted by Gasteiger charge is 2.15. The molecule has 2 N–H and O–H groups in total. The van der Waals surface area contributed by atoms with Gasteiger partial charge in [-0.05, 0) is 5.92 Å². The molecular formula is C10H17N3O. The Balaban J connectivity index is 2.35. The van der Waals surface area contributed by atoms with E-state index in [0.29, 0.717) is 12.5 Å². The van der Waals surface area contributed by atoms with E-state index in [2.05, 4.69) is 15.5 Å². The molecule has 1 rings (SSSR count). The number of aromatic amines is 1. The Kier molecular flexibility index (Phi) is 3.68. The maximum atomic E-state index is 11.5. The zero-order valence-electron chi connectivity index (χ0n) is 8.87. The van der Waals surface area contributed by atoms with Gasteiger partial charge in [-0.1, -0.05) is 20.8 Å². The Bertz CT molecular complexity index is 280. The molecule has 4 heteroatoms. The lowest BCUT2D eigenvalue weighted by Gasteiger charge is -2.14. The standard InChI is InChI=1S/C10H17N3O/c1-7(2)8(3)10(14)11-4-9-5-12-13-6-9/h5-8H,4H2,1-3H3,(H,11,14)(H,12,13). The molecule has 1 heterocycles. The van der Waals surface area contributed by atoms with Gasteiger partial charge in [0, 0.05) is 24.2 Å². The average Bonchev–Trinajstić information content (AvgIpc) is 2.65. The molecule has 0 aliphatic carbocycles. The van der Waals surface area contributed by atoms with Crippen molar-refractivity contribution in [3.05, 3.63) is 18.0 Å². The molecule has 1 unspecified atom stereocenters. The molecule has 0 saturated carbocycles. The van der Waals surface area contributed by atoms with E-state index in [0.717, 1.165) is 5.56 Å².